The second kappa shape index (κ2) is 17.5. The monoisotopic (exact) mass is 866 g/mol. The first-order valence-corrected chi connectivity index (χ1v) is 23.6. The van der Waals surface area contributed by atoms with E-state index in [1.807, 2.05) is 82.9 Å². The molecule has 14 heteroatoms. The fraction of sp³-hybridized carbons (Fsp3) is 0.375. The molecule has 6 heterocycles. The number of likely N-dealkylation sites (tertiary alicyclic amines) is 2. The molecule has 2 saturated carbocycles. The Morgan fingerprint density at radius 3 is 1.37 bits per heavy atom. The van der Waals surface area contributed by atoms with Gasteiger partial charge >= 0.3 is 0 Å². The Labute approximate surface area is 368 Å². The maximum absolute atomic E-state index is 14.2. The van der Waals surface area contributed by atoms with E-state index in [0.717, 1.165) is 105 Å². The molecule has 4 aliphatic rings. The Kier molecular flexibility index (Phi) is 11.3. The Morgan fingerprint density at radius 1 is 0.565 bits per heavy atom. The number of aromatic nitrogens is 4. The van der Waals surface area contributed by atoms with E-state index in [1.54, 1.807) is 22.7 Å². The van der Waals surface area contributed by atoms with Crippen LogP contribution in [0.2, 0.25) is 0 Å². The quantitative estimate of drug-likeness (QED) is 0.0808. The fourth-order valence-corrected chi connectivity index (χ4v) is 11.0. The number of thiophene rings is 2. The summed E-state index contributed by atoms with van der Waals surface area (Å²) in [5.74, 6) is 2.01. The predicted molar refractivity (Wildman–Crippen MR) is 240 cm³/mol. The molecule has 4 atom stereocenters. The summed E-state index contributed by atoms with van der Waals surface area (Å²) in [5, 5.41) is 6.13. The minimum atomic E-state index is -0.739. The van der Waals surface area contributed by atoms with Crippen LogP contribution in [0.15, 0.2) is 97.3 Å². The number of nitrogens with one attached hydrogen (secondary N) is 4. The standard InChI is InChI=1S/C48H50N8O4S2/c57-41(25-29-15-16-29)53-43(31-9-3-1-4-10-31)47(59)55-23-7-13-35(55)45-49-27-33(51-45)37-19-21-39(61-37)40-22-20-38(62-40)34-28-50-46(52-34)36-14-8-24-56(36)48(60)44(32-11-5-2-6-12-32)54-42(58)26-30-17-18-30/h1-6,9-12,19-22,27-30,35-36,43-44H,7-8,13-18,23-26H2,(H,49,51)(H,50,52)(H,53,57)(H,54,58)/t35-,36-,43-,44-/m0/s1. The Bertz CT molecular complexity index is 2380. The van der Waals surface area contributed by atoms with Crippen molar-refractivity contribution in [2.24, 2.45) is 11.8 Å². The molecule has 0 radical (unpaired) electrons. The maximum atomic E-state index is 14.2. The highest BCUT2D eigenvalue weighted by Gasteiger charge is 2.39. The van der Waals surface area contributed by atoms with E-state index in [0.29, 0.717) is 37.8 Å². The van der Waals surface area contributed by atoms with Gasteiger partial charge in [0.2, 0.25) is 23.6 Å². The van der Waals surface area contributed by atoms with Crippen LogP contribution in [0.25, 0.3) is 30.9 Å². The van der Waals surface area contributed by atoms with Crippen LogP contribution < -0.4 is 10.6 Å². The number of imidazole rings is 2. The molecule has 62 heavy (non-hydrogen) atoms. The average Bonchev–Trinajstić information content (AvgIpc) is 3.80. The number of benzene rings is 2. The van der Waals surface area contributed by atoms with Crippen molar-refractivity contribution in [3.63, 3.8) is 0 Å². The van der Waals surface area contributed by atoms with Crippen molar-refractivity contribution < 1.29 is 19.2 Å². The molecule has 2 saturated heterocycles. The number of nitrogens with zero attached hydrogens (tertiary/aromatic N) is 4. The zero-order chi connectivity index (χ0) is 42.2. The van der Waals surface area contributed by atoms with E-state index in [-0.39, 0.29) is 35.7 Å². The number of rotatable bonds is 15. The van der Waals surface area contributed by atoms with Gasteiger partial charge in [0.15, 0.2) is 0 Å². The van der Waals surface area contributed by atoms with Crippen LogP contribution in [0, 0.1) is 11.8 Å². The molecule has 6 aromatic rings. The van der Waals surface area contributed by atoms with E-state index in [2.05, 4.69) is 44.9 Å². The van der Waals surface area contributed by atoms with Crippen LogP contribution in [-0.2, 0) is 19.2 Å². The molecule has 0 spiro atoms. The van der Waals surface area contributed by atoms with Crippen molar-refractivity contribution in [3.05, 3.63) is 120 Å². The van der Waals surface area contributed by atoms with E-state index in [4.69, 9.17) is 9.97 Å². The Balaban J connectivity index is 0.810. The van der Waals surface area contributed by atoms with Gasteiger partial charge in [0.05, 0.1) is 45.6 Å². The zero-order valence-electron chi connectivity index (χ0n) is 34.4. The lowest BCUT2D eigenvalue weighted by molar-refractivity contribution is -0.137. The molecular weight excluding hydrogens is 817 g/mol. The second-order valence-electron chi connectivity index (χ2n) is 17.2. The van der Waals surface area contributed by atoms with Gasteiger partial charge in [0.1, 0.15) is 23.7 Å². The minimum absolute atomic E-state index is 0.0737. The van der Waals surface area contributed by atoms with Crippen LogP contribution in [0.3, 0.4) is 0 Å². The van der Waals surface area contributed by atoms with Gasteiger partial charge in [-0.15, -0.1) is 22.7 Å². The third kappa shape index (κ3) is 8.76. The van der Waals surface area contributed by atoms with Crippen LogP contribution in [0.4, 0.5) is 0 Å². The molecule has 4 aromatic heterocycles. The fourth-order valence-electron chi connectivity index (χ4n) is 8.93. The van der Waals surface area contributed by atoms with Crippen LogP contribution >= 0.6 is 22.7 Å². The van der Waals surface area contributed by atoms with Gasteiger partial charge < -0.3 is 30.4 Å². The molecule has 10 rings (SSSR count). The first-order chi connectivity index (χ1) is 30.3. The van der Waals surface area contributed by atoms with Gasteiger partial charge in [0.25, 0.3) is 0 Å². The van der Waals surface area contributed by atoms with Crippen molar-refractivity contribution in [1.29, 1.82) is 0 Å². The van der Waals surface area contributed by atoms with Gasteiger partial charge in [-0.2, -0.15) is 0 Å². The number of carbonyl (C=O) groups excluding carboxylic acids is 4. The summed E-state index contributed by atoms with van der Waals surface area (Å²) in [5.41, 5.74) is 3.37. The minimum Gasteiger partial charge on any atom is -0.341 e. The number of hydrogen-bond acceptors (Lipinski definition) is 8. The molecule has 0 unspecified atom stereocenters. The third-order valence-corrected chi connectivity index (χ3v) is 15.0. The molecule has 318 valence electrons. The molecular formula is C48H50N8O4S2. The van der Waals surface area contributed by atoms with Crippen molar-refractivity contribution >= 4 is 46.3 Å². The summed E-state index contributed by atoms with van der Waals surface area (Å²) in [7, 11) is 0. The van der Waals surface area contributed by atoms with E-state index in [1.165, 1.54) is 0 Å². The topological polar surface area (TPSA) is 156 Å². The molecule has 2 aliphatic heterocycles. The van der Waals surface area contributed by atoms with Gasteiger partial charge in [-0.05, 0) is 98.6 Å². The highest BCUT2D eigenvalue weighted by atomic mass is 32.1. The normalized spacial score (nSPS) is 19.7. The maximum Gasteiger partial charge on any atom is 0.250 e. The van der Waals surface area contributed by atoms with Gasteiger partial charge in [-0.25, -0.2) is 9.97 Å². The number of amides is 4. The van der Waals surface area contributed by atoms with Gasteiger partial charge in [-0.1, -0.05) is 60.7 Å². The molecule has 0 bridgehead atoms. The van der Waals surface area contributed by atoms with Gasteiger partial charge in [0, 0.05) is 35.7 Å². The first-order valence-electron chi connectivity index (χ1n) is 21.9. The summed E-state index contributed by atoms with van der Waals surface area (Å²) in [6.45, 7) is 1.21. The molecule has 4 amide bonds. The second-order valence-corrected chi connectivity index (χ2v) is 19.4. The smallest absolute Gasteiger partial charge is 0.250 e. The molecule has 4 N–H and O–H groups in total. The van der Waals surface area contributed by atoms with Crippen LogP contribution in [0.5, 0.6) is 0 Å². The number of hydrogen-bond donors (Lipinski definition) is 4. The number of H-pyrrole nitrogens is 2. The zero-order valence-corrected chi connectivity index (χ0v) is 36.1. The highest BCUT2D eigenvalue weighted by molar-refractivity contribution is 7.25. The lowest BCUT2D eigenvalue weighted by Gasteiger charge is -2.28. The number of carbonyl (C=O) groups is 4. The summed E-state index contributed by atoms with van der Waals surface area (Å²) in [6.07, 6.45) is 12.2. The van der Waals surface area contributed by atoms with Gasteiger partial charge in [-0.3, -0.25) is 19.2 Å². The molecule has 12 nitrogen and oxygen atoms in total. The van der Waals surface area contributed by atoms with E-state index >= 15 is 0 Å². The summed E-state index contributed by atoms with van der Waals surface area (Å²) in [6, 6.07) is 25.6. The largest absolute Gasteiger partial charge is 0.341 e. The average molecular weight is 867 g/mol. The van der Waals surface area contributed by atoms with Crippen molar-refractivity contribution in [1.82, 2.24) is 40.4 Å². The lowest BCUT2D eigenvalue weighted by atomic mass is 10.0. The highest BCUT2D eigenvalue weighted by Crippen LogP contribution is 2.42. The predicted octanol–water partition coefficient (Wildman–Crippen LogP) is 8.90. The van der Waals surface area contributed by atoms with Crippen molar-refractivity contribution in [3.8, 4) is 30.9 Å². The molecule has 4 fully saturated rings. The Hall–Kier alpha value is -5.86. The van der Waals surface area contributed by atoms with Crippen LogP contribution in [0.1, 0.15) is 111 Å². The SMILES string of the molecule is O=C(CC1CC1)N[C@H](C(=O)N1CCC[C@H]1c1ncc(-c2ccc(-c3ccc(-c4cnc([C@@H]5CCCN5C(=O)[C@@H](NC(=O)CC5CC5)c5ccccc5)[nH]4)s3)s2)[nH]1)c1ccccc1. The van der Waals surface area contributed by atoms with Crippen molar-refractivity contribution in [2.45, 2.75) is 88.4 Å². The van der Waals surface area contributed by atoms with Crippen molar-refractivity contribution in [2.75, 3.05) is 13.1 Å². The summed E-state index contributed by atoms with van der Waals surface area (Å²) < 4.78 is 0. The lowest BCUT2D eigenvalue weighted by Crippen LogP contribution is -2.43. The molecule has 2 aliphatic carbocycles. The number of aromatic amines is 2. The summed E-state index contributed by atoms with van der Waals surface area (Å²) >= 11 is 3.36. The third-order valence-electron chi connectivity index (χ3n) is 12.6. The Morgan fingerprint density at radius 2 is 0.968 bits per heavy atom. The first kappa shape index (κ1) is 40.2. The van der Waals surface area contributed by atoms with E-state index < -0.39 is 12.1 Å². The van der Waals surface area contributed by atoms with Crippen LogP contribution in [-0.4, -0.2) is 66.5 Å². The van der Waals surface area contributed by atoms with E-state index in [9.17, 15) is 19.2 Å². The molecule has 2 aromatic carbocycles. The summed E-state index contributed by atoms with van der Waals surface area (Å²) in [4.78, 5) is 79.1.